The normalized spacial score (nSPS) is 11.7. The van der Waals surface area contributed by atoms with Gasteiger partial charge in [-0.1, -0.05) is 29.3 Å². The zero-order chi connectivity index (χ0) is 18.5. The molecule has 1 atom stereocenters. The van der Waals surface area contributed by atoms with Gasteiger partial charge in [0.1, 0.15) is 12.4 Å². The molecule has 0 fully saturated rings. The lowest BCUT2D eigenvalue weighted by Crippen LogP contribution is -2.03. The van der Waals surface area contributed by atoms with Crippen LogP contribution in [0.15, 0.2) is 53.9 Å². The van der Waals surface area contributed by atoms with Crippen LogP contribution in [-0.4, -0.2) is 20.6 Å². The van der Waals surface area contributed by atoms with Crippen LogP contribution in [-0.2, 0) is 13.0 Å². The Bertz CT molecular complexity index is 1070. The van der Waals surface area contributed by atoms with Crippen LogP contribution in [0.2, 0.25) is 0 Å². The predicted molar refractivity (Wildman–Crippen MR) is 107 cm³/mol. The van der Waals surface area contributed by atoms with Crippen molar-refractivity contribution < 1.29 is 4.74 Å². The van der Waals surface area contributed by atoms with E-state index < -0.39 is 0 Å². The summed E-state index contributed by atoms with van der Waals surface area (Å²) in [5, 5.41) is 17.5. The van der Waals surface area contributed by atoms with E-state index >= 15 is 0 Å². The summed E-state index contributed by atoms with van der Waals surface area (Å²) in [4.78, 5) is 0. The number of aromatic amines is 1. The summed E-state index contributed by atoms with van der Waals surface area (Å²) in [7, 11) is 0. The maximum Gasteiger partial charge on any atom is 0.176 e. The van der Waals surface area contributed by atoms with Gasteiger partial charge in [0.2, 0.25) is 0 Å². The summed E-state index contributed by atoms with van der Waals surface area (Å²) in [6.45, 7) is 2.39. The van der Waals surface area contributed by atoms with Crippen LogP contribution in [0.1, 0.15) is 29.8 Å². The first kappa shape index (κ1) is 17.3. The molecular weight excluding hydrogens is 356 g/mol. The Balaban J connectivity index is 1.43. The van der Waals surface area contributed by atoms with E-state index in [-0.39, 0.29) is 5.92 Å². The fourth-order valence-corrected chi connectivity index (χ4v) is 3.72. The van der Waals surface area contributed by atoms with Crippen LogP contribution < -0.4 is 4.74 Å². The molecule has 5 nitrogen and oxygen atoms in total. The van der Waals surface area contributed by atoms with Crippen LogP contribution in [0.25, 0.3) is 10.1 Å². The first-order valence-corrected chi connectivity index (χ1v) is 9.53. The van der Waals surface area contributed by atoms with Crippen LogP contribution in [0.3, 0.4) is 0 Å². The van der Waals surface area contributed by atoms with Crippen molar-refractivity contribution in [3.63, 3.8) is 0 Å². The van der Waals surface area contributed by atoms with Gasteiger partial charge in [-0.3, -0.25) is 0 Å². The lowest BCUT2D eigenvalue weighted by molar-refractivity contribution is 0.306. The molecule has 0 radical (unpaired) electrons. The van der Waals surface area contributed by atoms with Crippen molar-refractivity contribution in [2.24, 2.45) is 0 Å². The molecule has 4 aromatic rings. The third-order valence-electron chi connectivity index (χ3n) is 4.30. The zero-order valence-electron chi connectivity index (χ0n) is 14.8. The highest BCUT2D eigenvalue weighted by Gasteiger charge is 2.12. The third-order valence-corrected chi connectivity index (χ3v) is 5.20. The summed E-state index contributed by atoms with van der Waals surface area (Å²) in [6, 6.07) is 16.6. The predicted octanol–water partition coefficient (Wildman–Crippen LogP) is 4.34. The molecule has 1 unspecified atom stereocenters. The van der Waals surface area contributed by atoms with Crippen molar-refractivity contribution in [1.82, 2.24) is 20.6 Å². The number of aromatic nitrogens is 4. The fraction of sp³-hybridized carbons (Fsp3) is 0.190. The van der Waals surface area contributed by atoms with Gasteiger partial charge in [0.05, 0.1) is 5.92 Å². The van der Waals surface area contributed by atoms with E-state index in [1.807, 2.05) is 31.2 Å². The number of rotatable bonds is 6. The maximum atomic E-state index is 5.95. The summed E-state index contributed by atoms with van der Waals surface area (Å²) in [5.41, 5.74) is 2.28. The molecule has 0 bridgehead atoms. The molecule has 0 spiro atoms. The van der Waals surface area contributed by atoms with Gasteiger partial charge >= 0.3 is 0 Å². The fourth-order valence-electron chi connectivity index (χ4n) is 2.95. The van der Waals surface area contributed by atoms with E-state index in [0.29, 0.717) is 18.9 Å². The van der Waals surface area contributed by atoms with Crippen LogP contribution >= 0.6 is 11.3 Å². The molecule has 2 aromatic heterocycles. The van der Waals surface area contributed by atoms with Crippen molar-refractivity contribution in [2.45, 2.75) is 25.9 Å². The Labute approximate surface area is 161 Å². The molecule has 2 heterocycles. The van der Waals surface area contributed by atoms with Gasteiger partial charge in [-0.25, -0.2) is 0 Å². The number of tetrazole rings is 1. The summed E-state index contributed by atoms with van der Waals surface area (Å²) < 4.78 is 7.24. The molecule has 6 heteroatoms. The smallest absolute Gasteiger partial charge is 0.176 e. The number of benzene rings is 2. The Kier molecular flexibility index (Phi) is 5.13. The minimum absolute atomic E-state index is 0.0302. The first-order chi connectivity index (χ1) is 13.3. The summed E-state index contributed by atoms with van der Waals surface area (Å²) >= 11 is 1.75. The Morgan fingerprint density at radius 3 is 2.81 bits per heavy atom. The van der Waals surface area contributed by atoms with Crippen LogP contribution in [0.5, 0.6) is 5.75 Å². The lowest BCUT2D eigenvalue weighted by atomic mass is 9.96. The molecule has 2 aromatic carbocycles. The Morgan fingerprint density at radius 2 is 2.04 bits per heavy atom. The second kappa shape index (κ2) is 8.02. The number of hydrogen-bond acceptors (Lipinski definition) is 5. The van der Waals surface area contributed by atoms with Crippen molar-refractivity contribution >= 4 is 21.4 Å². The molecule has 134 valence electrons. The maximum absolute atomic E-state index is 5.95. The average Bonchev–Trinajstić information content (AvgIpc) is 3.38. The minimum Gasteiger partial charge on any atom is -0.489 e. The minimum atomic E-state index is 0.0302. The molecule has 0 saturated carbocycles. The van der Waals surface area contributed by atoms with Gasteiger partial charge in [-0.05, 0) is 59.1 Å². The number of ether oxygens (including phenoxy) is 1. The third kappa shape index (κ3) is 4.15. The highest BCUT2D eigenvalue weighted by molar-refractivity contribution is 7.17. The quantitative estimate of drug-likeness (QED) is 0.510. The van der Waals surface area contributed by atoms with Gasteiger partial charge in [0.25, 0.3) is 0 Å². The number of thiophene rings is 1. The van der Waals surface area contributed by atoms with Gasteiger partial charge in [0.15, 0.2) is 5.82 Å². The van der Waals surface area contributed by atoms with E-state index in [4.69, 9.17) is 4.74 Å². The number of nitrogens with zero attached hydrogens (tertiary/aromatic N) is 3. The summed E-state index contributed by atoms with van der Waals surface area (Å²) in [6.07, 6.45) is 0.623. The molecule has 0 aliphatic rings. The van der Waals surface area contributed by atoms with E-state index in [1.54, 1.807) is 11.3 Å². The van der Waals surface area contributed by atoms with Gasteiger partial charge in [-0.15, -0.1) is 27.5 Å². The molecule has 27 heavy (non-hydrogen) atoms. The van der Waals surface area contributed by atoms with Crippen molar-refractivity contribution in [1.29, 1.82) is 0 Å². The standard InChI is InChI=1S/C21H18N4OS/c1-2-3-17(13-21-22-24-25-23-21)16-5-7-19(8-6-16)26-14-15-4-9-20-18(12-15)10-11-27-20/h4-12,17H,13-14H2,1H3,(H,22,23,24,25). The number of H-pyrrole nitrogens is 1. The number of hydrogen-bond donors (Lipinski definition) is 1. The topological polar surface area (TPSA) is 63.7 Å². The molecular formula is C21H18N4OS. The van der Waals surface area contributed by atoms with E-state index in [1.165, 1.54) is 10.1 Å². The van der Waals surface area contributed by atoms with Crippen molar-refractivity contribution in [2.75, 3.05) is 0 Å². The Hall–Kier alpha value is -3.17. The molecule has 4 rings (SSSR count). The second-order valence-corrected chi connectivity index (χ2v) is 7.08. The van der Waals surface area contributed by atoms with Crippen LogP contribution in [0, 0.1) is 11.8 Å². The molecule has 0 aliphatic carbocycles. The zero-order valence-corrected chi connectivity index (χ0v) is 15.7. The van der Waals surface area contributed by atoms with Crippen molar-refractivity contribution in [3.8, 4) is 17.6 Å². The highest BCUT2D eigenvalue weighted by Crippen LogP contribution is 2.24. The monoisotopic (exact) mass is 374 g/mol. The second-order valence-electron chi connectivity index (χ2n) is 6.13. The SMILES string of the molecule is CC#CC(Cc1nn[nH]n1)c1ccc(OCc2ccc3sccc3c2)cc1. The van der Waals surface area contributed by atoms with Gasteiger partial charge in [-0.2, -0.15) is 5.21 Å². The Morgan fingerprint density at radius 1 is 1.15 bits per heavy atom. The van der Waals surface area contributed by atoms with Crippen LogP contribution in [0.4, 0.5) is 0 Å². The lowest BCUT2D eigenvalue weighted by Gasteiger charge is -2.11. The van der Waals surface area contributed by atoms with E-state index in [2.05, 4.69) is 62.1 Å². The van der Waals surface area contributed by atoms with E-state index in [0.717, 1.165) is 16.9 Å². The number of fused-ring (bicyclic) bond motifs is 1. The first-order valence-electron chi connectivity index (χ1n) is 8.65. The molecule has 0 amide bonds. The van der Waals surface area contributed by atoms with Crippen molar-refractivity contribution in [3.05, 3.63) is 70.9 Å². The highest BCUT2D eigenvalue weighted by atomic mass is 32.1. The summed E-state index contributed by atoms with van der Waals surface area (Å²) in [5.74, 6) is 7.73. The van der Waals surface area contributed by atoms with Gasteiger partial charge < -0.3 is 4.74 Å². The van der Waals surface area contributed by atoms with Gasteiger partial charge in [0, 0.05) is 11.1 Å². The number of nitrogens with one attached hydrogen (secondary N) is 1. The molecule has 0 aliphatic heterocycles. The molecule has 0 saturated heterocycles. The largest absolute Gasteiger partial charge is 0.489 e. The average molecular weight is 374 g/mol. The molecule has 1 N–H and O–H groups in total. The van der Waals surface area contributed by atoms with E-state index in [9.17, 15) is 0 Å².